The molecule has 0 aliphatic rings. The van der Waals surface area contributed by atoms with Crippen LogP contribution >= 0.6 is 0 Å². The molecule has 0 radical (unpaired) electrons. The van der Waals surface area contributed by atoms with Crippen molar-refractivity contribution in [2.75, 3.05) is 5.73 Å². The molecule has 2 aromatic carbocycles. The van der Waals surface area contributed by atoms with E-state index in [9.17, 15) is 4.39 Å². The molecule has 2 N–H and O–H groups in total. The van der Waals surface area contributed by atoms with E-state index >= 15 is 0 Å². The van der Waals surface area contributed by atoms with Crippen molar-refractivity contribution in [1.82, 2.24) is 9.55 Å². The molecule has 0 saturated carbocycles. The van der Waals surface area contributed by atoms with Gasteiger partial charge in [0.2, 0.25) is 5.95 Å². The number of benzene rings is 2. The first kappa shape index (κ1) is 11.2. The summed E-state index contributed by atoms with van der Waals surface area (Å²) in [6, 6.07) is 13.2. The summed E-state index contributed by atoms with van der Waals surface area (Å²) in [6.45, 7) is 0. The Kier molecular flexibility index (Phi) is 2.43. The van der Waals surface area contributed by atoms with Crippen molar-refractivity contribution in [3.63, 3.8) is 0 Å². The quantitative estimate of drug-likeness (QED) is 0.723. The van der Waals surface area contributed by atoms with Crippen molar-refractivity contribution in [2.24, 2.45) is 0 Å². The second-order valence-corrected chi connectivity index (χ2v) is 4.10. The summed E-state index contributed by atoms with van der Waals surface area (Å²) in [7, 11) is 0. The zero-order chi connectivity index (χ0) is 13.4. The molecular formula is C14H9FN4. The Bertz CT molecular complexity index is 797. The maximum atomic E-state index is 13.0. The molecule has 0 atom stereocenters. The van der Waals surface area contributed by atoms with E-state index in [4.69, 9.17) is 11.0 Å². The van der Waals surface area contributed by atoms with Gasteiger partial charge in [-0.15, -0.1) is 0 Å². The predicted molar refractivity (Wildman–Crippen MR) is 70.2 cm³/mol. The highest BCUT2D eigenvalue weighted by Crippen LogP contribution is 2.24. The van der Waals surface area contributed by atoms with Gasteiger partial charge in [0.05, 0.1) is 22.7 Å². The van der Waals surface area contributed by atoms with Crippen LogP contribution in [0.1, 0.15) is 5.56 Å². The number of aromatic nitrogens is 2. The summed E-state index contributed by atoms with van der Waals surface area (Å²) in [4.78, 5) is 4.22. The number of nitrogens with zero attached hydrogens (tertiary/aromatic N) is 3. The van der Waals surface area contributed by atoms with Gasteiger partial charge < -0.3 is 5.73 Å². The molecule has 4 nitrogen and oxygen atoms in total. The lowest BCUT2D eigenvalue weighted by Gasteiger charge is -2.06. The molecule has 5 heteroatoms. The second kappa shape index (κ2) is 4.10. The van der Waals surface area contributed by atoms with Crippen molar-refractivity contribution >= 4 is 17.0 Å². The van der Waals surface area contributed by atoms with E-state index in [2.05, 4.69) is 11.1 Å². The van der Waals surface area contributed by atoms with Crippen molar-refractivity contribution in [2.45, 2.75) is 0 Å². The van der Waals surface area contributed by atoms with E-state index in [-0.39, 0.29) is 5.82 Å². The van der Waals surface area contributed by atoms with Crippen LogP contribution in [0.5, 0.6) is 0 Å². The molecule has 0 aliphatic heterocycles. The van der Waals surface area contributed by atoms with Crippen molar-refractivity contribution in [1.29, 1.82) is 5.26 Å². The van der Waals surface area contributed by atoms with Crippen molar-refractivity contribution < 1.29 is 4.39 Å². The number of nitrogen functional groups attached to an aromatic ring is 1. The standard InChI is InChI=1S/C14H9FN4/c15-10-2-4-11(5-3-10)19-13-7-9(8-16)1-6-12(13)18-14(19)17/h1-7H,(H2,17,18). The van der Waals surface area contributed by atoms with Gasteiger partial charge in [0.15, 0.2) is 0 Å². The third kappa shape index (κ3) is 1.79. The molecule has 0 saturated heterocycles. The van der Waals surface area contributed by atoms with Crippen LogP contribution in [0, 0.1) is 17.1 Å². The maximum absolute atomic E-state index is 13.0. The smallest absolute Gasteiger partial charge is 0.205 e. The number of nitrogens with two attached hydrogens (primary N) is 1. The van der Waals surface area contributed by atoms with E-state index in [1.165, 1.54) is 12.1 Å². The Hall–Kier alpha value is -2.87. The van der Waals surface area contributed by atoms with Crippen molar-refractivity contribution in [3.05, 3.63) is 53.8 Å². The largest absolute Gasteiger partial charge is 0.369 e. The van der Waals surface area contributed by atoms with Crippen LogP contribution in [-0.2, 0) is 0 Å². The van der Waals surface area contributed by atoms with Gasteiger partial charge >= 0.3 is 0 Å². The van der Waals surface area contributed by atoms with E-state index in [0.717, 1.165) is 5.52 Å². The van der Waals surface area contributed by atoms with Crippen LogP contribution in [-0.4, -0.2) is 9.55 Å². The van der Waals surface area contributed by atoms with Crippen LogP contribution < -0.4 is 5.73 Å². The lowest BCUT2D eigenvalue weighted by molar-refractivity contribution is 0.627. The van der Waals surface area contributed by atoms with Gasteiger partial charge in [-0.2, -0.15) is 5.26 Å². The molecule has 92 valence electrons. The topological polar surface area (TPSA) is 67.6 Å². The number of anilines is 1. The molecular weight excluding hydrogens is 243 g/mol. The third-order valence-electron chi connectivity index (χ3n) is 2.89. The Morgan fingerprint density at radius 2 is 1.89 bits per heavy atom. The van der Waals surface area contributed by atoms with E-state index in [1.807, 2.05) is 0 Å². The number of halogens is 1. The Labute approximate surface area is 108 Å². The van der Waals surface area contributed by atoms with Gasteiger partial charge in [-0.25, -0.2) is 9.37 Å². The first-order chi connectivity index (χ1) is 9.19. The first-order valence-electron chi connectivity index (χ1n) is 5.63. The number of fused-ring (bicyclic) bond motifs is 1. The van der Waals surface area contributed by atoms with Crippen LogP contribution in [0.25, 0.3) is 16.7 Å². The molecule has 1 heterocycles. The number of imidazole rings is 1. The minimum absolute atomic E-state index is 0.302. The number of nitriles is 1. The maximum Gasteiger partial charge on any atom is 0.205 e. The molecule has 19 heavy (non-hydrogen) atoms. The summed E-state index contributed by atoms with van der Waals surface area (Å²) < 4.78 is 14.7. The SMILES string of the molecule is N#Cc1ccc2nc(N)n(-c3ccc(F)cc3)c2c1. The molecule has 0 fully saturated rings. The fourth-order valence-corrected chi connectivity index (χ4v) is 2.02. The summed E-state index contributed by atoms with van der Waals surface area (Å²) in [5.41, 5.74) is 8.54. The average Bonchev–Trinajstić information content (AvgIpc) is 2.75. The summed E-state index contributed by atoms with van der Waals surface area (Å²) >= 11 is 0. The zero-order valence-corrected chi connectivity index (χ0v) is 9.84. The highest BCUT2D eigenvalue weighted by atomic mass is 19.1. The lowest BCUT2D eigenvalue weighted by atomic mass is 10.2. The Morgan fingerprint density at radius 1 is 1.16 bits per heavy atom. The van der Waals surface area contributed by atoms with Gasteiger partial charge in [-0.3, -0.25) is 4.57 Å². The fourth-order valence-electron chi connectivity index (χ4n) is 2.02. The lowest BCUT2D eigenvalue weighted by Crippen LogP contribution is -2.00. The molecule has 0 unspecified atom stereocenters. The van der Waals surface area contributed by atoms with Gasteiger partial charge in [0.1, 0.15) is 5.82 Å². The number of hydrogen-bond acceptors (Lipinski definition) is 3. The van der Waals surface area contributed by atoms with Gasteiger partial charge in [0.25, 0.3) is 0 Å². The minimum Gasteiger partial charge on any atom is -0.369 e. The third-order valence-corrected chi connectivity index (χ3v) is 2.89. The first-order valence-corrected chi connectivity index (χ1v) is 5.63. The molecule has 3 aromatic rings. The summed E-state index contributed by atoms with van der Waals surface area (Å²) in [5, 5.41) is 8.94. The van der Waals surface area contributed by atoms with E-state index in [0.29, 0.717) is 22.7 Å². The molecule has 0 aliphatic carbocycles. The second-order valence-electron chi connectivity index (χ2n) is 4.10. The summed E-state index contributed by atoms with van der Waals surface area (Å²) in [6.07, 6.45) is 0. The van der Waals surface area contributed by atoms with Crippen LogP contribution in [0.4, 0.5) is 10.3 Å². The molecule has 0 amide bonds. The molecule has 3 rings (SSSR count). The molecule has 0 bridgehead atoms. The van der Waals surface area contributed by atoms with Gasteiger partial charge in [-0.05, 0) is 42.5 Å². The number of rotatable bonds is 1. The van der Waals surface area contributed by atoms with Gasteiger partial charge in [0, 0.05) is 5.69 Å². The van der Waals surface area contributed by atoms with Crippen LogP contribution in [0.15, 0.2) is 42.5 Å². The predicted octanol–water partition coefficient (Wildman–Crippen LogP) is 2.62. The van der Waals surface area contributed by atoms with E-state index in [1.54, 1.807) is 34.9 Å². The van der Waals surface area contributed by atoms with E-state index < -0.39 is 0 Å². The Morgan fingerprint density at radius 3 is 2.58 bits per heavy atom. The highest BCUT2D eigenvalue weighted by Gasteiger charge is 2.10. The minimum atomic E-state index is -0.315. The molecule has 1 aromatic heterocycles. The number of hydrogen-bond donors (Lipinski definition) is 1. The highest BCUT2D eigenvalue weighted by molar-refractivity contribution is 5.82. The summed E-state index contributed by atoms with van der Waals surface area (Å²) in [5.74, 6) is -0.0128. The van der Waals surface area contributed by atoms with Crippen LogP contribution in [0.3, 0.4) is 0 Å². The van der Waals surface area contributed by atoms with Crippen LogP contribution in [0.2, 0.25) is 0 Å². The normalized spacial score (nSPS) is 10.5. The molecule has 0 spiro atoms. The zero-order valence-electron chi connectivity index (χ0n) is 9.84. The van der Waals surface area contributed by atoms with Crippen molar-refractivity contribution in [3.8, 4) is 11.8 Å². The Balaban J connectivity index is 2.30. The average molecular weight is 252 g/mol. The van der Waals surface area contributed by atoms with Gasteiger partial charge in [-0.1, -0.05) is 0 Å². The monoisotopic (exact) mass is 252 g/mol. The fraction of sp³-hybridized carbons (Fsp3) is 0.